The molecule has 1 aliphatic rings. The van der Waals surface area contributed by atoms with E-state index in [0.29, 0.717) is 5.92 Å². The number of nitrogens with one attached hydrogen (secondary N) is 1. The molecule has 1 amide bonds. The van der Waals surface area contributed by atoms with E-state index in [1.165, 1.54) is 0 Å². The van der Waals surface area contributed by atoms with Crippen molar-refractivity contribution in [2.45, 2.75) is 59.2 Å². The van der Waals surface area contributed by atoms with E-state index >= 15 is 0 Å². The summed E-state index contributed by atoms with van der Waals surface area (Å²) in [6.45, 7) is 9.45. The smallest absolute Gasteiger partial charge is 0.241 e. The highest BCUT2D eigenvalue weighted by atomic mass is 16.2. The SMILES string of the molecule is CCC(CC)CN1C(=O)C(CC)NC1C. The Morgan fingerprint density at radius 1 is 1.33 bits per heavy atom. The number of carbonyl (C=O) groups is 1. The van der Waals surface area contributed by atoms with Gasteiger partial charge >= 0.3 is 0 Å². The van der Waals surface area contributed by atoms with Crippen LogP contribution in [0.25, 0.3) is 0 Å². The molecule has 2 unspecified atom stereocenters. The summed E-state index contributed by atoms with van der Waals surface area (Å²) in [5, 5.41) is 3.33. The van der Waals surface area contributed by atoms with Gasteiger partial charge in [-0.2, -0.15) is 0 Å². The number of nitrogens with zero attached hydrogens (tertiary/aromatic N) is 1. The molecule has 1 fully saturated rings. The third kappa shape index (κ3) is 2.71. The summed E-state index contributed by atoms with van der Waals surface area (Å²) in [5.41, 5.74) is 0. The molecule has 15 heavy (non-hydrogen) atoms. The Labute approximate surface area is 93.2 Å². The lowest BCUT2D eigenvalue weighted by Gasteiger charge is -2.25. The fraction of sp³-hybridized carbons (Fsp3) is 0.917. The first kappa shape index (κ1) is 12.5. The molecule has 1 N–H and O–H groups in total. The van der Waals surface area contributed by atoms with Crippen molar-refractivity contribution >= 4 is 5.91 Å². The normalized spacial score (nSPS) is 26.7. The standard InChI is InChI=1S/C12H24N2O/c1-5-10(6-2)8-14-9(4)13-11(7-3)12(14)15/h9-11,13H,5-8H2,1-4H3. The van der Waals surface area contributed by atoms with Crippen molar-refractivity contribution < 1.29 is 4.79 Å². The van der Waals surface area contributed by atoms with Gasteiger partial charge in [-0.05, 0) is 19.3 Å². The monoisotopic (exact) mass is 212 g/mol. The van der Waals surface area contributed by atoms with Gasteiger partial charge in [-0.15, -0.1) is 0 Å². The van der Waals surface area contributed by atoms with Gasteiger partial charge in [0.05, 0.1) is 12.2 Å². The average molecular weight is 212 g/mol. The Hall–Kier alpha value is -0.570. The van der Waals surface area contributed by atoms with E-state index in [4.69, 9.17) is 0 Å². The van der Waals surface area contributed by atoms with Crippen molar-refractivity contribution in [3.8, 4) is 0 Å². The summed E-state index contributed by atoms with van der Waals surface area (Å²) in [6, 6.07) is 0.0503. The van der Waals surface area contributed by atoms with Crippen molar-refractivity contribution in [3.05, 3.63) is 0 Å². The molecule has 1 heterocycles. The third-order valence-electron chi connectivity index (χ3n) is 3.51. The summed E-state index contributed by atoms with van der Waals surface area (Å²) < 4.78 is 0. The van der Waals surface area contributed by atoms with Gasteiger partial charge in [0.25, 0.3) is 0 Å². The zero-order valence-corrected chi connectivity index (χ0v) is 10.4. The molecule has 0 aromatic heterocycles. The maximum absolute atomic E-state index is 12.0. The molecule has 3 heteroatoms. The summed E-state index contributed by atoms with van der Waals surface area (Å²) in [6.07, 6.45) is 3.42. The van der Waals surface area contributed by atoms with Crippen LogP contribution < -0.4 is 5.32 Å². The lowest BCUT2D eigenvalue weighted by Crippen LogP contribution is -2.38. The molecule has 88 valence electrons. The highest BCUT2D eigenvalue weighted by Gasteiger charge is 2.35. The molecule has 2 atom stereocenters. The second kappa shape index (κ2) is 5.50. The van der Waals surface area contributed by atoms with Gasteiger partial charge in [0.1, 0.15) is 0 Å². The first-order valence-corrected chi connectivity index (χ1v) is 6.20. The Bertz CT molecular complexity index is 214. The molecular weight excluding hydrogens is 188 g/mol. The number of carbonyl (C=O) groups excluding carboxylic acids is 1. The molecule has 1 saturated heterocycles. The number of hydrogen-bond donors (Lipinski definition) is 1. The Kier molecular flexibility index (Phi) is 4.58. The second-order valence-corrected chi connectivity index (χ2v) is 4.48. The fourth-order valence-electron chi connectivity index (χ4n) is 2.21. The van der Waals surface area contributed by atoms with E-state index in [0.717, 1.165) is 25.8 Å². The van der Waals surface area contributed by atoms with Gasteiger partial charge in [-0.25, -0.2) is 0 Å². The summed E-state index contributed by atoms with van der Waals surface area (Å²) in [7, 11) is 0. The molecule has 0 aliphatic carbocycles. The van der Waals surface area contributed by atoms with Crippen LogP contribution in [0, 0.1) is 5.92 Å². The van der Waals surface area contributed by atoms with E-state index in [-0.39, 0.29) is 18.1 Å². The zero-order chi connectivity index (χ0) is 11.4. The summed E-state index contributed by atoms with van der Waals surface area (Å²) in [5.74, 6) is 0.936. The molecule has 3 nitrogen and oxygen atoms in total. The number of amides is 1. The molecule has 0 aromatic carbocycles. The summed E-state index contributed by atoms with van der Waals surface area (Å²) >= 11 is 0. The molecule has 0 bridgehead atoms. The van der Waals surface area contributed by atoms with Crippen LogP contribution in [0.4, 0.5) is 0 Å². The predicted octanol–water partition coefficient (Wildman–Crippen LogP) is 1.98. The maximum atomic E-state index is 12.0. The average Bonchev–Trinajstić information content (AvgIpc) is 2.51. The highest BCUT2D eigenvalue weighted by molar-refractivity contribution is 5.84. The van der Waals surface area contributed by atoms with E-state index in [2.05, 4.69) is 33.0 Å². The van der Waals surface area contributed by atoms with Crippen molar-refractivity contribution in [1.29, 1.82) is 0 Å². The van der Waals surface area contributed by atoms with E-state index in [9.17, 15) is 4.79 Å². The third-order valence-corrected chi connectivity index (χ3v) is 3.51. The lowest BCUT2D eigenvalue weighted by atomic mass is 10.0. The second-order valence-electron chi connectivity index (χ2n) is 4.48. The molecular formula is C12H24N2O. The molecule has 1 rings (SSSR count). The van der Waals surface area contributed by atoms with Crippen LogP contribution >= 0.6 is 0 Å². The Morgan fingerprint density at radius 3 is 2.33 bits per heavy atom. The zero-order valence-electron chi connectivity index (χ0n) is 10.4. The van der Waals surface area contributed by atoms with Crippen molar-refractivity contribution in [1.82, 2.24) is 10.2 Å². The topological polar surface area (TPSA) is 32.3 Å². The molecule has 0 saturated carbocycles. The van der Waals surface area contributed by atoms with Crippen LogP contribution in [0.15, 0.2) is 0 Å². The molecule has 0 aromatic rings. The van der Waals surface area contributed by atoms with Crippen LogP contribution in [-0.2, 0) is 4.79 Å². The minimum atomic E-state index is 0.0503. The predicted molar refractivity (Wildman–Crippen MR) is 62.5 cm³/mol. The van der Waals surface area contributed by atoms with Crippen molar-refractivity contribution in [2.24, 2.45) is 5.92 Å². The van der Waals surface area contributed by atoms with Gasteiger partial charge in [-0.1, -0.05) is 33.6 Å². The molecule has 1 aliphatic heterocycles. The minimum Gasteiger partial charge on any atom is -0.326 e. The van der Waals surface area contributed by atoms with Gasteiger partial charge in [0.15, 0.2) is 0 Å². The van der Waals surface area contributed by atoms with E-state index in [1.807, 2.05) is 4.90 Å². The van der Waals surface area contributed by atoms with Crippen LogP contribution in [0.3, 0.4) is 0 Å². The number of rotatable bonds is 5. The first-order valence-electron chi connectivity index (χ1n) is 6.20. The van der Waals surface area contributed by atoms with Crippen molar-refractivity contribution in [3.63, 3.8) is 0 Å². The Balaban J connectivity index is 2.57. The van der Waals surface area contributed by atoms with Gasteiger partial charge in [0.2, 0.25) is 5.91 Å². The van der Waals surface area contributed by atoms with Crippen molar-refractivity contribution in [2.75, 3.05) is 6.54 Å². The highest BCUT2D eigenvalue weighted by Crippen LogP contribution is 2.17. The maximum Gasteiger partial charge on any atom is 0.241 e. The fourth-order valence-corrected chi connectivity index (χ4v) is 2.21. The Morgan fingerprint density at radius 2 is 1.93 bits per heavy atom. The van der Waals surface area contributed by atoms with Crippen LogP contribution in [0.1, 0.15) is 47.0 Å². The summed E-state index contributed by atoms with van der Waals surface area (Å²) in [4.78, 5) is 14.0. The van der Waals surface area contributed by atoms with Gasteiger partial charge in [0, 0.05) is 6.54 Å². The van der Waals surface area contributed by atoms with Crippen LogP contribution in [0.2, 0.25) is 0 Å². The molecule has 0 spiro atoms. The lowest BCUT2D eigenvalue weighted by molar-refractivity contribution is -0.130. The number of hydrogen-bond acceptors (Lipinski definition) is 2. The van der Waals surface area contributed by atoms with Gasteiger partial charge < -0.3 is 4.90 Å². The first-order chi connectivity index (χ1) is 7.13. The largest absolute Gasteiger partial charge is 0.326 e. The van der Waals surface area contributed by atoms with Crippen LogP contribution in [0.5, 0.6) is 0 Å². The van der Waals surface area contributed by atoms with Crippen LogP contribution in [-0.4, -0.2) is 29.6 Å². The van der Waals surface area contributed by atoms with Gasteiger partial charge in [-0.3, -0.25) is 10.1 Å². The van der Waals surface area contributed by atoms with E-state index < -0.39 is 0 Å². The molecule has 0 radical (unpaired) electrons. The van der Waals surface area contributed by atoms with E-state index in [1.54, 1.807) is 0 Å². The minimum absolute atomic E-state index is 0.0503. The quantitative estimate of drug-likeness (QED) is 0.755.